The molecule has 2 aromatic heterocycles. The van der Waals surface area contributed by atoms with Crippen molar-refractivity contribution in [3.8, 4) is 5.69 Å². The smallest absolute Gasteiger partial charge is 0.139 e. The lowest BCUT2D eigenvalue weighted by Gasteiger charge is -2.12. The van der Waals surface area contributed by atoms with Crippen LogP contribution in [-0.4, -0.2) is 24.9 Å². The molecule has 0 fully saturated rings. The van der Waals surface area contributed by atoms with Crippen molar-refractivity contribution in [1.29, 1.82) is 0 Å². The highest BCUT2D eigenvalue weighted by atomic mass is 16.3. The van der Waals surface area contributed by atoms with Crippen molar-refractivity contribution in [2.75, 3.05) is 0 Å². The minimum absolute atomic E-state index is 0.500. The van der Waals surface area contributed by atoms with Gasteiger partial charge in [-0.05, 0) is 18.2 Å². The summed E-state index contributed by atoms with van der Waals surface area (Å²) in [4.78, 5) is 8.08. The maximum atomic E-state index is 10.4. The van der Waals surface area contributed by atoms with Crippen molar-refractivity contribution in [1.82, 2.24) is 19.7 Å². The Morgan fingerprint density at radius 1 is 1.00 bits per heavy atom. The van der Waals surface area contributed by atoms with Crippen molar-refractivity contribution < 1.29 is 5.11 Å². The molecule has 0 aliphatic rings. The van der Waals surface area contributed by atoms with Crippen molar-refractivity contribution in [3.63, 3.8) is 0 Å². The standard InChI is InChI=1S/C14H12N4O/c19-14(12-10-15-8-9-16-12)13-6-7-17-18(13)11-4-2-1-3-5-11/h1-10,14,19H. The Labute approximate surface area is 110 Å². The number of aliphatic hydroxyl groups is 1. The van der Waals surface area contributed by atoms with Gasteiger partial charge in [-0.2, -0.15) is 5.10 Å². The molecule has 1 atom stereocenters. The Hall–Kier alpha value is -2.53. The molecular formula is C14H12N4O. The van der Waals surface area contributed by atoms with E-state index in [2.05, 4.69) is 15.1 Å². The zero-order valence-electron chi connectivity index (χ0n) is 10.1. The van der Waals surface area contributed by atoms with E-state index in [0.29, 0.717) is 11.4 Å². The number of para-hydroxylation sites is 1. The minimum atomic E-state index is -0.851. The van der Waals surface area contributed by atoms with Gasteiger partial charge in [0, 0.05) is 18.6 Å². The summed E-state index contributed by atoms with van der Waals surface area (Å²) in [6.07, 6.45) is 5.48. The Bertz CT molecular complexity index is 651. The monoisotopic (exact) mass is 252 g/mol. The van der Waals surface area contributed by atoms with E-state index >= 15 is 0 Å². The van der Waals surface area contributed by atoms with Gasteiger partial charge in [-0.3, -0.25) is 9.97 Å². The number of hydrogen-bond acceptors (Lipinski definition) is 4. The van der Waals surface area contributed by atoms with Gasteiger partial charge in [0.2, 0.25) is 0 Å². The molecule has 1 N–H and O–H groups in total. The summed E-state index contributed by atoms with van der Waals surface area (Å²) in [7, 11) is 0. The summed E-state index contributed by atoms with van der Waals surface area (Å²) < 4.78 is 1.69. The summed E-state index contributed by atoms with van der Waals surface area (Å²) in [6.45, 7) is 0. The Morgan fingerprint density at radius 3 is 2.58 bits per heavy atom. The van der Waals surface area contributed by atoms with Crippen LogP contribution in [0.5, 0.6) is 0 Å². The molecule has 2 heterocycles. The number of hydrogen-bond donors (Lipinski definition) is 1. The zero-order chi connectivity index (χ0) is 13.1. The first-order valence-electron chi connectivity index (χ1n) is 5.89. The van der Waals surface area contributed by atoms with Gasteiger partial charge in [-0.25, -0.2) is 4.68 Å². The number of rotatable bonds is 3. The predicted octanol–water partition coefficient (Wildman–Crippen LogP) is 1.74. The molecule has 94 valence electrons. The number of aromatic nitrogens is 4. The maximum Gasteiger partial charge on any atom is 0.139 e. The van der Waals surface area contributed by atoms with Gasteiger partial charge in [-0.1, -0.05) is 18.2 Å². The fraction of sp³-hybridized carbons (Fsp3) is 0.0714. The van der Waals surface area contributed by atoms with E-state index in [1.165, 1.54) is 0 Å². The van der Waals surface area contributed by atoms with Gasteiger partial charge < -0.3 is 5.11 Å². The van der Waals surface area contributed by atoms with Crippen LogP contribution in [0.2, 0.25) is 0 Å². The number of benzene rings is 1. The van der Waals surface area contributed by atoms with Crippen LogP contribution in [0.15, 0.2) is 61.2 Å². The number of nitrogens with zero attached hydrogens (tertiary/aromatic N) is 4. The van der Waals surface area contributed by atoms with E-state index < -0.39 is 6.10 Å². The Kier molecular flexibility index (Phi) is 3.04. The lowest BCUT2D eigenvalue weighted by Crippen LogP contribution is -2.09. The van der Waals surface area contributed by atoms with Crippen LogP contribution < -0.4 is 0 Å². The van der Waals surface area contributed by atoms with Crippen molar-refractivity contribution in [3.05, 3.63) is 72.6 Å². The lowest BCUT2D eigenvalue weighted by atomic mass is 10.2. The minimum Gasteiger partial charge on any atom is -0.380 e. The molecule has 0 saturated carbocycles. The Morgan fingerprint density at radius 2 is 1.84 bits per heavy atom. The second-order valence-corrected chi connectivity index (χ2v) is 4.04. The van der Waals surface area contributed by atoms with Crippen LogP contribution in [0.3, 0.4) is 0 Å². The van der Waals surface area contributed by atoms with Crippen LogP contribution in [0.25, 0.3) is 5.69 Å². The Balaban J connectivity index is 2.01. The average Bonchev–Trinajstić information content (AvgIpc) is 2.98. The summed E-state index contributed by atoms with van der Waals surface area (Å²) >= 11 is 0. The van der Waals surface area contributed by atoms with Crippen molar-refractivity contribution >= 4 is 0 Å². The molecule has 0 radical (unpaired) electrons. The first-order chi connectivity index (χ1) is 9.36. The molecule has 0 bridgehead atoms. The SMILES string of the molecule is OC(c1cnccn1)c1ccnn1-c1ccccc1. The average molecular weight is 252 g/mol. The highest BCUT2D eigenvalue weighted by Crippen LogP contribution is 2.21. The zero-order valence-corrected chi connectivity index (χ0v) is 10.1. The molecule has 0 aliphatic carbocycles. The van der Waals surface area contributed by atoms with Crippen molar-refractivity contribution in [2.24, 2.45) is 0 Å². The van der Waals surface area contributed by atoms with Gasteiger partial charge >= 0.3 is 0 Å². The van der Waals surface area contributed by atoms with Gasteiger partial charge in [0.1, 0.15) is 6.10 Å². The summed E-state index contributed by atoms with van der Waals surface area (Å²) in [6, 6.07) is 11.4. The van der Waals surface area contributed by atoms with E-state index in [4.69, 9.17) is 0 Å². The fourth-order valence-corrected chi connectivity index (χ4v) is 1.91. The van der Waals surface area contributed by atoms with E-state index in [-0.39, 0.29) is 0 Å². The van der Waals surface area contributed by atoms with E-state index in [1.54, 1.807) is 35.5 Å². The maximum absolute atomic E-state index is 10.4. The molecule has 5 nitrogen and oxygen atoms in total. The molecule has 3 rings (SSSR count). The molecule has 0 spiro atoms. The van der Waals surface area contributed by atoms with Crippen molar-refractivity contribution in [2.45, 2.75) is 6.10 Å². The highest BCUT2D eigenvalue weighted by molar-refractivity contribution is 5.34. The van der Waals surface area contributed by atoms with Crippen LogP contribution >= 0.6 is 0 Å². The third kappa shape index (κ3) is 2.23. The first kappa shape index (κ1) is 11.6. The molecule has 1 aromatic carbocycles. The second kappa shape index (κ2) is 4.99. The van der Waals surface area contributed by atoms with Crippen LogP contribution in [-0.2, 0) is 0 Å². The molecule has 1 unspecified atom stereocenters. The third-order valence-corrected chi connectivity index (χ3v) is 2.82. The van der Waals surface area contributed by atoms with E-state index in [1.807, 2.05) is 30.3 Å². The molecule has 0 saturated heterocycles. The quantitative estimate of drug-likeness (QED) is 0.771. The van der Waals surface area contributed by atoms with Gasteiger partial charge in [0.05, 0.1) is 23.3 Å². The van der Waals surface area contributed by atoms with Crippen LogP contribution in [0, 0.1) is 0 Å². The highest BCUT2D eigenvalue weighted by Gasteiger charge is 2.17. The summed E-state index contributed by atoms with van der Waals surface area (Å²) in [5, 5.41) is 14.6. The van der Waals surface area contributed by atoms with Gasteiger partial charge in [0.25, 0.3) is 0 Å². The molecule has 3 aromatic rings. The first-order valence-corrected chi connectivity index (χ1v) is 5.89. The van der Waals surface area contributed by atoms with Gasteiger partial charge in [0.15, 0.2) is 0 Å². The van der Waals surface area contributed by atoms with E-state index in [0.717, 1.165) is 5.69 Å². The van der Waals surface area contributed by atoms with Gasteiger partial charge in [-0.15, -0.1) is 0 Å². The molecule has 19 heavy (non-hydrogen) atoms. The largest absolute Gasteiger partial charge is 0.380 e. The fourth-order valence-electron chi connectivity index (χ4n) is 1.91. The summed E-state index contributed by atoms with van der Waals surface area (Å²) in [5.41, 5.74) is 2.05. The number of aliphatic hydroxyl groups excluding tert-OH is 1. The second-order valence-electron chi connectivity index (χ2n) is 4.04. The summed E-state index contributed by atoms with van der Waals surface area (Å²) in [5.74, 6) is 0. The molecular weight excluding hydrogens is 240 g/mol. The molecule has 5 heteroatoms. The van der Waals surface area contributed by atoms with E-state index in [9.17, 15) is 5.11 Å². The van der Waals surface area contributed by atoms with Crippen LogP contribution in [0.1, 0.15) is 17.5 Å². The normalized spacial score (nSPS) is 12.3. The third-order valence-electron chi connectivity index (χ3n) is 2.82. The van der Waals surface area contributed by atoms with Crippen LogP contribution in [0.4, 0.5) is 0 Å². The predicted molar refractivity (Wildman–Crippen MR) is 69.7 cm³/mol. The lowest BCUT2D eigenvalue weighted by molar-refractivity contribution is 0.206. The molecule has 0 aliphatic heterocycles. The topological polar surface area (TPSA) is 63.8 Å². The molecule has 0 amide bonds.